The van der Waals surface area contributed by atoms with Crippen LogP contribution in [-0.2, 0) is 11.3 Å². The van der Waals surface area contributed by atoms with E-state index >= 15 is 0 Å². The van der Waals surface area contributed by atoms with Gasteiger partial charge in [-0.15, -0.1) is 0 Å². The summed E-state index contributed by atoms with van der Waals surface area (Å²) in [7, 11) is 0. The maximum Gasteiger partial charge on any atom is 0.261 e. The van der Waals surface area contributed by atoms with Crippen molar-refractivity contribution < 1.29 is 4.79 Å². The lowest BCUT2D eigenvalue weighted by molar-refractivity contribution is -0.113. The predicted molar refractivity (Wildman–Crippen MR) is 87.2 cm³/mol. The lowest BCUT2D eigenvalue weighted by Gasteiger charge is -2.17. The number of amides is 1. The highest BCUT2D eigenvalue weighted by Crippen LogP contribution is 2.39. The summed E-state index contributed by atoms with van der Waals surface area (Å²) in [4.78, 5) is 14.3. The number of nitrogens with zero attached hydrogens (tertiary/aromatic N) is 3. The average Bonchev–Trinajstić information content (AvgIpc) is 2.84. The van der Waals surface area contributed by atoms with Gasteiger partial charge in [0, 0.05) is 10.6 Å². The van der Waals surface area contributed by atoms with Gasteiger partial charge in [-0.05, 0) is 17.7 Å². The van der Waals surface area contributed by atoms with Crippen LogP contribution in [0.1, 0.15) is 11.1 Å². The molecule has 0 unspecified atom stereocenters. The van der Waals surface area contributed by atoms with E-state index in [-0.39, 0.29) is 23.6 Å². The Kier molecular flexibility index (Phi) is 3.85. The fourth-order valence-electron chi connectivity index (χ4n) is 2.61. The summed E-state index contributed by atoms with van der Waals surface area (Å²) in [5, 5.41) is 18.8. The van der Waals surface area contributed by atoms with Gasteiger partial charge >= 0.3 is 0 Å². The molecule has 5 heteroatoms. The molecule has 1 aliphatic heterocycles. The molecule has 2 aromatic rings. The number of carbonyl (C=O) groups excluding carboxylic acids is 1. The van der Waals surface area contributed by atoms with Gasteiger partial charge in [0.1, 0.15) is 17.7 Å². The maximum atomic E-state index is 12.8. The minimum atomic E-state index is -0.357. The van der Waals surface area contributed by atoms with Crippen LogP contribution in [0.4, 0.5) is 5.69 Å². The van der Waals surface area contributed by atoms with Crippen molar-refractivity contribution in [3.8, 4) is 12.1 Å². The van der Waals surface area contributed by atoms with E-state index in [4.69, 9.17) is 22.1 Å². The number of hydrogen-bond acceptors (Lipinski definition) is 3. The van der Waals surface area contributed by atoms with E-state index in [2.05, 4.69) is 0 Å². The molecular weight excluding hydrogens is 310 g/mol. The van der Waals surface area contributed by atoms with Crippen LogP contribution in [0.3, 0.4) is 0 Å². The van der Waals surface area contributed by atoms with Gasteiger partial charge in [0.05, 0.1) is 17.8 Å². The first-order valence-corrected chi connectivity index (χ1v) is 7.24. The van der Waals surface area contributed by atoms with Gasteiger partial charge in [0.2, 0.25) is 0 Å². The molecule has 110 valence electrons. The minimum absolute atomic E-state index is 0.151. The van der Waals surface area contributed by atoms with Crippen LogP contribution in [0.2, 0.25) is 5.02 Å². The molecule has 23 heavy (non-hydrogen) atoms. The van der Waals surface area contributed by atoms with Gasteiger partial charge in [-0.1, -0.05) is 48.0 Å². The van der Waals surface area contributed by atoms with Gasteiger partial charge < -0.3 is 4.90 Å². The number of rotatable bonds is 2. The highest BCUT2D eigenvalue weighted by Gasteiger charge is 2.34. The predicted octanol–water partition coefficient (Wildman–Crippen LogP) is 3.69. The third kappa shape index (κ3) is 2.46. The molecule has 0 spiro atoms. The molecule has 3 rings (SSSR count). The minimum Gasteiger partial charge on any atom is -0.303 e. The summed E-state index contributed by atoms with van der Waals surface area (Å²) < 4.78 is 0. The molecule has 2 aromatic carbocycles. The first-order valence-electron chi connectivity index (χ1n) is 6.86. The molecule has 0 atom stereocenters. The van der Waals surface area contributed by atoms with Crippen molar-refractivity contribution in [1.82, 2.24) is 0 Å². The molecule has 0 bridgehead atoms. The second-order valence-electron chi connectivity index (χ2n) is 4.97. The van der Waals surface area contributed by atoms with Crippen molar-refractivity contribution >= 4 is 28.8 Å². The molecule has 4 nitrogen and oxygen atoms in total. The number of carbonyl (C=O) groups is 1. The van der Waals surface area contributed by atoms with E-state index < -0.39 is 0 Å². The molecule has 0 aliphatic carbocycles. The fourth-order valence-corrected chi connectivity index (χ4v) is 2.81. The van der Waals surface area contributed by atoms with Crippen LogP contribution in [-0.4, -0.2) is 5.91 Å². The van der Waals surface area contributed by atoms with Crippen molar-refractivity contribution in [2.24, 2.45) is 0 Å². The molecule has 0 saturated heterocycles. The van der Waals surface area contributed by atoms with Crippen molar-refractivity contribution in [3.05, 3.63) is 70.3 Å². The smallest absolute Gasteiger partial charge is 0.261 e. The van der Waals surface area contributed by atoms with Crippen LogP contribution in [0, 0.1) is 22.7 Å². The summed E-state index contributed by atoms with van der Waals surface area (Å²) in [5.74, 6) is -0.357. The van der Waals surface area contributed by atoms with Gasteiger partial charge in [-0.3, -0.25) is 4.79 Å². The summed E-state index contributed by atoms with van der Waals surface area (Å²) in [6.45, 7) is 0.281. The molecule has 1 amide bonds. The van der Waals surface area contributed by atoms with E-state index in [0.29, 0.717) is 16.3 Å². The molecule has 0 fully saturated rings. The molecule has 0 radical (unpaired) electrons. The third-order valence-corrected chi connectivity index (χ3v) is 4.05. The van der Waals surface area contributed by atoms with Crippen LogP contribution < -0.4 is 4.90 Å². The number of allylic oxidation sites excluding steroid dienone is 1. The SMILES string of the molecule is N#CC(C#N)=C1C(=O)N(Cc2ccccc2Cl)c2ccccc21. The van der Waals surface area contributed by atoms with E-state index in [1.807, 2.05) is 24.3 Å². The zero-order valence-electron chi connectivity index (χ0n) is 12.0. The average molecular weight is 320 g/mol. The standard InChI is InChI=1S/C18H10ClN3O/c19-15-7-3-1-5-12(15)11-22-16-8-4-2-6-14(16)17(18(22)23)13(9-20)10-21/h1-8H,11H2. The fraction of sp³-hybridized carbons (Fsp3) is 0.0556. The normalized spacial score (nSPS) is 12.6. The zero-order chi connectivity index (χ0) is 16.4. The van der Waals surface area contributed by atoms with Gasteiger partial charge in [-0.25, -0.2) is 0 Å². The molecule has 0 saturated carbocycles. The first-order chi connectivity index (χ1) is 11.2. The Labute approximate surface area is 138 Å². The van der Waals surface area contributed by atoms with Crippen molar-refractivity contribution in [1.29, 1.82) is 10.5 Å². The first kappa shape index (κ1) is 14.8. The number of nitriles is 2. The van der Waals surface area contributed by atoms with Crippen molar-refractivity contribution in [3.63, 3.8) is 0 Å². The Bertz CT molecular complexity index is 902. The summed E-state index contributed by atoms with van der Waals surface area (Å²) >= 11 is 6.18. The molecule has 1 heterocycles. The summed E-state index contributed by atoms with van der Waals surface area (Å²) in [6, 6.07) is 18.0. The Morgan fingerprint density at radius 1 is 1.04 bits per heavy atom. The lowest BCUT2D eigenvalue weighted by atomic mass is 10.0. The Balaban J connectivity index is 2.13. The Morgan fingerprint density at radius 3 is 2.39 bits per heavy atom. The second-order valence-corrected chi connectivity index (χ2v) is 5.38. The largest absolute Gasteiger partial charge is 0.303 e. The topological polar surface area (TPSA) is 67.9 Å². The third-order valence-electron chi connectivity index (χ3n) is 3.68. The number of fused-ring (bicyclic) bond motifs is 1. The van der Waals surface area contributed by atoms with Crippen LogP contribution in [0.15, 0.2) is 54.1 Å². The van der Waals surface area contributed by atoms with E-state index in [1.54, 1.807) is 41.3 Å². The van der Waals surface area contributed by atoms with Gasteiger partial charge in [-0.2, -0.15) is 10.5 Å². The Hall–Kier alpha value is -3.08. The van der Waals surface area contributed by atoms with Gasteiger partial charge in [0.25, 0.3) is 5.91 Å². The number of halogens is 1. The van der Waals surface area contributed by atoms with Gasteiger partial charge in [0.15, 0.2) is 0 Å². The molecule has 0 aromatic heterocycles. The highest BCUT2D eigenvalue weighted by atomic mass is 35.5. The summed E-state index contributed by atoms with van der Waals surface area (Å²) in [5.41, 5.74) is 2.05. The Morgan fingerprint density at radius 2 is 1.70 bits per heavy atom. The van der Waals surface area contributed by atoms with E-state index in [9.17, 15) is 4.79 Å². The van der Waals surface area contributed by atoms with Crippen LogP contribution in [0.5, 0.6) is 0 Å². The maximum absolute atomic E-state index is 12.8. The van der Waals surface area contributed by atoms with Crippen molar-refractivity contribution in [2.45, 2.75) is 6.54 Å². The quantitative estimate of drug-likeness (QED) is 0.626. The number of anilines is 1. The molecule has 1 aliphatic rings. The van der Waals surface area contributed by atoms with Crippen LogP contribution in [0.25, 0.3) is 5.57 Å². The van der Waals surface area contributed by atoms with E-state index in [0.717, 1.165) is 5.56 Å². The highest BCUT2D eigenvalue weighted by molar-refractivity contribution is 6.34. The lowest BCUT2D eigenvalue weighted by Crippen LogP contribution is -2.26. The zero-order valence-corrected chi connectivity index (χ0v) is 12.7. The van der Waals surface area contributed by atoms with E-state index in [1.165, 1.54) is 0 Å². The molecular formula is C18H10ClN3O. The second kappa shape index (κ2) is 5.96. The van der Waals surface area contributed by atoms with Crippen molar-refractivity contribution in [2.75, 3.05) is 4.90 Å². The number of hydrogen-bond donors (Lipinski definition) is 0. The monoisotopic (exact) mass is 319 g/mol. The molecule has 0 N–H and O–H groups in total. The number of para-hydroxylation sites is 1. The number of benzene rings is 2. The van der Waals surface area contributed by atoms with Crippen LogP contribution >= 0.6 is 11.6 Å². The summed E-state index contributed by atoms with van der Waals surface area (Å²) in [6.07, 6.45) is 0.